The molecular formula is C16H29N3S. The lowest BCUT2D eigenvalue weighted by atomic mass is 9.90. The van der Waals surface area contributed by atoms with Crippen molar-refractivity contribution in [1.29, 1.82) is 0 Å². The van der Waals surface area contributed by atoms with Crippen LogP contribution in [0.5, 0.6) is 0 Å². The van der Waals surface area contributed by atoms with Crippen molar-refractivity contribution in [2.75, 3.05) is 19.6 Å². The number of hydrogen-bond acceptors (Lipinski definition) is 4. The van der Waals surface area contributed by atoms with Crippen LogP contribution in [0.1, 0.15) is 56.8 Å². The van der Waals surface area contributed by atoms with Crippen LogP contribution in [-0.4, -0.2) is 35.6 Å². The Labute approximate surface area is 127 Å². The van der Waals surface area contributed by atoms with Gasteiger partial charge in [0, 0.05) is 17.1 Å². The molecule has 1 aliphatic heterocycles. The minimum Gasteiger partial charge on any atom is -0.305 e. The number of aromatic nitrogens is 1. The summed E-state index contributed by atoms with van der Waals surface area (Å²) in [5, 5.41) is 7.12. The minimum atomic E-state index is 0.373. The SMILES string of the molecule is CCCN1CCC(C(C)NC(C)c2nc(C)cs2)CC1. The van der Waals surface area contributed by atoms with E-state index in [1.165, 1.54) is 43.9 Å². The molecule has 1 saturated heterocycles. The fourth-order valence-electron chi connectivity index (χ4n) is 3.17. The van der Waals surface area contributed by atoms with Crippen LogP contribution in [-0.2, 0) is 0 Å². The molecule has 2 rings (SSSR count). The average molecular weight is 295 g/mol. The Bertz CT molecular complexity index is 396. The summed E-state index contributed by atoms with van der Waals surface area (Å²) in [4.78, 5) is 7.20. The second-order valence-electron chi connectivity index (χ2n) is 6.18. The molecule has 0 saturated carbocycles. The van der Waals surface area contributed by atoms with Gasteiger partial charge in [-0.3, -0.25) is 0 Å². The van der Waals surface area contributed by atoms with Crippen molar-refractivity contribution in [3.05, 3.63) is 16.1 Å². The number of hydrogen-bond donors (Lipinski definition) is 1. The van der Waals surface area contributed by atoms with Gasteiger partial charge in [0.2, 0.25) is 0 Å². The number of thiazole rings is 1. The molecule has 0 spiro atoms. The van der Waals surface area contributed by atoms with Crippen LogP contribution in [0, 0.1) is 12.8 Å². The summed E-state index contributed by atoms with van der Waals surface area (Å²) in [5.41, 5.74) is 1.14. The minimum absolute atomic E-state index is 0.373. The zero-order valence-corrected chi connectivity index (χ0v) is 14.2. The number of piperidine rings is 1. The van der Waals surface area contributed by atoms with Gasteiger partial charge in [0.15, 0.2) is 0 Å². The molecule has 4 heteroatoms. The first-order chi connectivity index (χ1) is 9.60. The van der Waals surface area contributed by atoms with Gasteiger partial charge in [0.1, 0.15) is 5.01 Å². The summed E-state index contributed by atoms with van der Waals surface area (Å²) >= 11 is 1.77. The largest absolute Gasteiger partial charge is 0.305 e. The highest BCUT2D eigenvalue weighted by Crippen LogP contribution is 2.24. The highest BCUT2D eigenvalue weighted by Gasteiger charge is 2.24. The quantitative estimate of drug-likeness (QED) is 0.869. The first-order valence-corrected chi connectivity index (χ1v) is 8.88. The molecule has 0 aliphatic carbocycles. The van der Waals surface area contributed by atoms with Crippen LogP contribution < -0.4 is 5.32 Å². The van der Waals surface area contributed by atoms with Crippen molar-refractivity contribution in [1.82, 2.24) is 15.2 Å². The van der Waals surface area contributed by atoms with E-state index in [1.807, 2.05) is 0 Å². The third-order valence-electron chi connectivity index (χ3n) is 4.40. The average Bonchev–Trinajstić information content (AvgIpc) is 2.86. The molecule has 1 N–H and O–H groups in total. The molecule has 0 amide bonds. The van der Waals surface area contributed by atoms with Gasteiger partial charge in [-0.2, -0.15) is 0 Å². The maximum atomic E-state index is 4.59. The zero-order chi connectivity index (χ0) is 14.5. The molecule has 0 radical (unpaired) electrons. The van der Waals surface area contributed by atoms with Gasteiger partial charge < -0.3 is 10.2 Å². The van der Waals surface area contributed by atoms with Crippen LogP contribution in [0.25, 0.3) is 0 Å². The number of nitrogens with one attached hydrogen (secondary N) is 1. The normalized spacial score (nSPS) is 21.0. The summed E-state index contributed by atoms with van der Waals surface area (Å²) in [5.74, 6) is 0.812. The second kappa shape index (κ2) is 7.53. The van der Waals surface area contributed by atoms with E-state index in [0.29, 0.717) is 12.1 Å². The fraction of sp³-hybridized carbons (Fsp3) is 0.812. The third kappa shape index (κ3) is 4.27. The Kier molecular flexibility index (Phi) is 6.00. The van der Waals surface area contributed by atoms with Crippen molar-refractivity contribution in [2.24, 2.45) is 5.92 Å². The first kappa shape index (κ1) is 15.9. The molecule has 1 aliphatic rings. The van der Waals surface area contributed by atoms with Crippen LogP contribution in [0.4, 0.5) is 0 Å². The van der Waals surface area contributed by atoms with E-state index in [4.69, 9.17) is 0 Å². The highest BCUT2D eigenvalue weighted by atomic mass is 32.1. The summed E-state index contributed by atoms with van der Waals surface area (Å²) in [6.45, 7) is 12.7. The van der Waals surface area contributed by atoms with Gasteiger partial charge in [-0.25, -0.2) is 4.98 Å². The molecule has 2 atom stereocenters. The predicted molar refractivity (Wildman–Crippen MR) is 87.3 cm³/mol. The Morgan fingerprint density at radius 3 is 2.65 bits per heavy atom. The highest BCUT2D eigenvalue weighted by molar-refractivity contribution is 7.09. The van der Waals surface area contributed by atoms with Crippen LogP contribution in [0.2, 0.25) is 0 Å². The second-order valence-corrected chi connectivity index (χ2v) is 7.07. The monoisotopic (exact) mass is 295 g/mol. The molecule has 20 heavy (non-hydrogen) atoms. The molecule has 3 nitrogen and oxygen atoms in total. The van der Waals surface area contributed by atoms with E-state index in [-0.39, 0.29) is 0 Å². The van der Waals surface area contributed by atoms with E-state index >= 15 is 0 Å². The van der Waals surface area contributed by atoms with Gasteiger partial charge in [-0.15, -0.1) is 11.3 Å². The lowest BCUT2D eigenvalue weighted by Gasteiger charge is -2.35. The maximum Gasteiger partial charge on any atom is 0.110 e. The number of likely N-dealkylation sites (tertiary alicyclic amines) is 1. The topological polar surface area (TPSA) is 28.2 Å². The molecule has 2 unspecified atom stereocenters. The maximum absolute atomic E-state index is 4.59. The van der Waals surface area contributed by atoms with Gasteiger partial charge in [0.25, 0.3) is 0 Å². The number of aryl methyl sites for hydroxylation is 1. The van der Waals surface area contributed by atoms with E-state index in [0.717, 1.165) is 11.6 Å². The Morgan fingerprint density at radius 1 is 1.40 bits per heavy atom. The summed E-state index contributed by atoms with van der Waals surface area (Å²) < 4.78 is 0. The molecular weight excluding hydrogens is 266 g/mol. The molecule has 114 valence electrons. The Hall–Kier alpha value is -0.450. The molecule has 2 heterocycles. The van der Waals surface area contributed by atoms with E-state index in [9.17, 15) is 0 Å². The van der Waals surface area contributed by atoms with Crippen molar-refractivity contribution in [3.63, 3.8) is 0 Å². The van der Waals surface area contributed by atoms with Gasteiger partial charge in [0.05, 0.1) is 6.04 Å². The van der Waals surface area contributed by atoms with Gasteiger partial charge >= 0.3 is 0 Å². The molecule has 1 fully saturated rings. The smallest absolute Gasteiger partial charge is 0.110 e. The van der Waals surface area contributed by atoms with Gasteiger partial charge in [-0.1, -0.05) is 6.92 Å². The van der Waals surface area contributed by atoms with Crippen molar-refractivity contribution in [3.8, 4) is 0 Å². The summed E-state index contributed by atoms with van der Waals surface area (Å²) in [6, 6.07) is 0.954. The van der Waals surface area contributed by atoms with Crippen LogP contribution >= 0.6 is 11.3 Å². The molecule has 0 bridgehead atoms. The van der Waals surface area contributed by atoms with Crippen molar-refractivity contribution < 1.29 is 0 Å². The standard InChI is InChI=1S/C16H29N3S/c1-5-8-19-9-6-15(7-10-19)13(3)18-14(4)16-17-12(2)11-20-16/h11,13-15,18H,5-10H2,1-4H3. The first-order valence-electron chi connectivity index (χ1n) is 8.00. The molecule has 1 aromatic heterocycles. The fourth-order valence-corrected chi connectivity index (χ4v) is 3.98. The Morgan fingerprint density at radius 2 is 2.10 bits per heavy atom. The lowest BCUT2D eigenvalue weighted by Crippen LogP contribution is -2.42. The Balaban J connectivity index is 1.79. The summed E-state index contributed by atoms with van der Waals surface area (Å²) in [6.07, 6.45) is 3.94. The lowest BCUT2D eigenvalue weighted by molar-refractivity contribution is 0.159. The number of nitrogens with zero attached hydrogens (tertiary/aromatic N) is 2. The van der Waals surface area contributed by atoms with Crippen molar-refractivity contribution in [2.45, 2.75) is 59.0 Å². The predicted octanol–water partition coefficient (Wildman–Crippen LogP) is 3.61. The van der Waals surface area contributed by atoms with Crippen LogP contribution in [0.15, 0.2) is 5.38 Å². The van der Waals surface area contributed by atoms with Crippen LogP contribution in [0.3, 0.4) is 0 Å². The third-order valence-corrected chi connectivity index (χ3v) is 5.54. The van der Waals surface area contributed by atoms with Gasteiger partial charge in [-0.05, 0) is 65.6 Å². The molecule has 0 aromatic carbocycles. The van der Waals surface area contributed by atoms with Crippen molar-refractivity contribution >= 4 is 11.3 Å². The number of rotatable bonds is 6. The van der Waals surface area contributed by atoms with E-state index in [1.54, 1.807) is 11.3 Å². The van der Waals surface area contributed by atoms with E-state index < -0.39 is 0 Å². The zero-order valence-electron chi connectivity index (χ0n) is 13.4. The molecule has 1 aromatic rings. The summed E-state index contributed by atoms with van der Waals surface area (Å²) in [7, 11) is 0. The van der Waals surface area contributed by atoms with E-state index in [2.05, 4.69) is 48.3 Å².